The van der Waals surface area contributed by atoms with E-state index < -0.39 is 0 Å². The predicted octanol–water partition coefficient (Wildman–Crippen LogP) is 3.59. The number of carbonyl (C=O) groups excluding carboxylic acids is 3. The number of piperidine rings is 1. The van der Waals surface area contributed by atoms with Crippen molar-refractivity contribution < 1.29 is 19.1 Å². The maximum Gasteiger partial charge on any atom is 0.224 e. The van der Waals surface area contributed by atoms with Crippen LogP contribution in [0.25, 0.3) is 0 Å². The Morgan fingerprint density at radius 1 is 1.10 bits per heavy atom. The second-order valence-corrected chi connectivity index (χ2v) is 7.82. The highest BCUT2D eigenvalue weighted by atomic mass is 16.5. The molecule has 1 heterocycles. The predicted molar refractivity (Wildman–Crippen MR) is 113 cm³/mol. The summed E-state index contributed by atoms with van der Waals surface area (Å²) in [6.45, 7) is 5.30. The van der Waals surface area contributed by atoms with E-state index in [1.54, 1.807) is 31.4 Å². The number of hydrogen-bond donors (Lipinski definition) is 1. The van der Waals surface area contributed by atoms with E-state index in [9.17, 15) is 14.4 Å². The topological polar surface area (TPSA) is 75.7 Å². The number of carbonyl (C=O) groups is 3. The van der Waals surface area contributed by atoms with Crippen LogP contribution in [0.5, 0.6) is 5.75 Å². The molecule has 2 rings (SSSR count). The average Bonchev–Trinajstić information content (AvgIpc) is 2.74. The molecule has 1 aromatic rings. The smallest absolute Gasteiger partial charge is 0.224 e. The quantitative estimate of drug-likeness (QED) is 0.479. The van der Waals surface area contributed by atoms with Crippen molar-refractivity contribution in [3.05, 3.63) is 29.8 Å². The fraction of sp³-hybridized carbons (Fsp3) is 0.609. The van der Waals surface area contributed by atoms with Gasteiger partial charge in [-0.15, -0.1) is 0 Å². The molecule has 0 saturated carbocycles. The van der Waals surface area contributed by atoms with Crippen LogP contribution in [-0.2, 0) is 9.59 Å². The number of hydrogen-bond acceptors (Lipinski definition) is 4. The van der Waals surface area contributed by atoms with Gasteiger partial charge in [-0.1, -0.05) is 13.3 Å². The first-order chi connectivity index (χ1) is 14.0. The molecule has 2 unspecified atom stereocenters. The number of methoxy groups -OCH3 is 1. The van der Waals surface area contributed by atoms with Gasteiger partial charge in [-0.05, 0) is 56.9 Å². The Kier molecular flexibility index (Phi) is 9.16. The van der Waals surface area contributed by atoms with E-state index in [-0.39, 0.29) is 29.6 Å². The zero-order chi connectivity index (χ0) is 21.2. The van der Waals surface area contributed by atoms with Crippen LogP contribution in [0.2, 0.25) is 0 Å². The molecule has 0 radical (unpaired) electrons. The molecule has 1 aliphatic rings. The molecule has 0 aliphatic carbocycles. The molecular weight excluding hydrogens is 368 g/mol. The van der Waals surface area contributed by atoms with Crippen molar-refractivity contribution in [3.63, 3.8) is 0 Å². The Labute approximate surface area is 174 Å². The van der Waals surface area contributed by atoms with Crippen LogP contribution < -0.4 is 10.1 Å². The first-order valence-electron chi connectivity index (χ1n) is 10.7. The molecular formula is C23H34N2O4. The number of benzene rings is 1. The first-order valence-corrected chi connectivity index (χ1v) is 10.7. The molecule has 2 atom stereocenters. The summed E-state index contributed by atoms with van der Waals surface area (Å²) >= 11 is 0. The monoisotopic (exact) mass is 402 g/mol. The number of unbranched alkanes of at least 4 members (excludes halogenated alkanes) is 1. The van der Waals surface area contributed by atoms with Crippen LogP contribution in [0, 0.1) is 5.92 Å². The molecule has 1 aliphatic heterocycles. The Morgan fingerprint density at radius 2 is 1.83 bits per heavy atom. The summed E-state index contributed by atoms with van der Waals surface area (Å²) < 4.78 is 5.10. The molecule has 0 spiro atoms. The third kappa shape index (κ3) is 6.87. The fourth-order valence-electron chi connectivity index (χ4n) is 3.67. The van der Waals surface area contributed by atoms with Crippen LogP contribution in [-0.4, -0.2) is 48.7 Å². The summed E-state index contributed by atoms with van der Waals surface area (Å²) in [6, 6.07) is 7.16. The number of amides is 2. The number of nitrogens with one attached hydrogen (secondary N) is 1. The van der Waals surface area contributed by atoms with Gasteiger partial charge in [0, 0.05) is 37.5 Å². The molecule has 0 aromatic heterocycles. The van der Waals surface area contributed by atoms with Gasteiger partial charge in [-0.25, -0.2) is 0 Å². The van der Waals surface area contributed by atoms with Gasteiger partial charge in [-0.3, -0.25) is 14.4 Å². The van der Waals surface area contributed by atoms with Crippen molar-refractivity contribution >= 4 is 17.6 Å². The summed E-state index contributed by atoms with van der Waals surface area (Å²) in [5.41, 5.74) is 0.633. The second kappa shape index (κ2) is 11.6. The number of ether oxygens (including phenoxy) is 1. The van der Waals surface area contributed by atoms with E-state index in [0.29, 0.717) is 43.7 Å². The van der Waals surface area contributed by atoms with Crippen molar-refractivity contribution in [2.24, 2.45) is 5.92 Å². The third-order valence-electron chi connectivity index (χ3n) is 5.61. The maximum absolute atomic E-state index is 12.7. The normalized spacial score (nSPS) is 18.9. The zero-order valence-corrected chi connectivity index (χ0v) is 17.9. The number of rotatable bonds is 10. The van der Waals surface area contributed by atoms with Gasteiger partial charge in [0.25, 0.3) is 0 Å². The van der Waals surface area contributed by atoms with Crippen molar-refractivity contribution in [3.8, 4) is 5.75 Å². The number of ketones is 1. The van der Waals surface area contributed by atoms with Crippen LogP contribution in [0.4, 0.5) is 0 Å². The lowest BCUT2D eigenvalue weighted by Gasteiger charge is -2.37. The van der Waals surface area contributed by atoms with Gasteiger partial charge < -0.3 is 15.0 Å². The zero-order valence-electron chi connectivity index (χ0n) is 17.9. The Balaban J connectivity index is 1.80. The summed E-state index contributed by atoms with van der Waals surface area (Å²) in [5, 5.41) is 2.98. The lowest BCUT2D eigenvalue weighted by atomic mass is 9.92. The highest BCUT2D eigenvalue weighted by molar-refractivity contribution is 5.96. The van der Waals surface area contributed by atoms with Crippen molar-refractivity contribution in [2.75, 3.05) is 20.2 Å². The Morgan fingerprint density at radius 3 is 2.48 bits per heavy atom. The summed E-state index contributed by atoms with van der Waals surface area (Å²) in [4.78, 5) is 39.2. The van der Waals surface area contributed by atoms with Gasteiger partial charge >= 0.3 is 0 Å². The van der Waals surface area contributed by atoms with E-state index in [1.807, 2.05) is 11.8 Å². The molecule has 160 valence electrons. The molecule has 1 fully saturated rings. The third-order valence-corrected chi connectivity index (χ3v) is 5.61. The molecule has 6 heteroatoms. The summed E-state index contributed by atoms with van der Waals surface area (Å²) in [5.74, 6) is 0.696. The van der Waals surface area contributed by atoms with E-state index in [4.69, 9.17) is 4.74 Å². The minimum absolute atomic E-state index is 0.0281. The molecule has 6 nitrogen and oxygen atoms in total. The van der Waals surface area contributed by atoms with E-state index in [1.165, 1.54) is 0 Å². The van der Waals surface area contributed by atoms with E-state index in [0.717, 1.165) is 25.7 Å². The lowest BCUT2D eigenvalue weighted by Crippen LogP contribution is -2.49. The number of nitrogens with zero attached hydrogens (tertiary/aromatic N) is 1. The molecule has 2 amide bonds. The first kappa shape index (κ1) is 22.9. The molecule has 0 bridgehead atoms. The lowest BCUT2D eigenvalue weighted by molar-refractivity contribution is -0.138. The Hall–Kier alpha value is -2.37. The van der Waals surface area contributed by atoms with Crippen LogP contribution >= 0.6 is 0 Å². The SMILES string of the molecule is CCCCNC(=O)C1CCC(C)N(C(=O)CCCC(=O)c2ccc(OC)cc2)C1. The maximum atomic E-state index is 12.7. The van der Waals surface area contributed by atoms with Gasteiger partial charge in [0.2, 0.25) is 11.8 Å². The Bertz CT molecular complexity index is 687. The minimum Gasteiger partial charge on any atom is -0.497 e. The number of likely N-dealkylation sites (tertiary alicyclic amines) is 1. The van der Waals surface area contributed by atoms with E-state index >= 15 is 0 Å². The average molecular weight is 403 g/mol. The molecule has 1 aromatic carbocycles. The summed E-state index contributed by atoms with van der Waals surface area (Å²) in [7, 11) is 1.59. The fourth-order valence-corrected chi connectivity index (χ4v) is 3.67. The highest BCUT2D eigenvalue weighted by Gasteiger charge is 2.32. The van der Waals surface area contributed by atoms with Gasteiger partial charge in [-0.2, -0.15) is 0 Å². The standard InChI is InChI=1S/C23H34N2O4/c1-4-5-15-24-23(28)19-10-9-17(2)25(16-19)22(27)8-6-7-21(26)18-11-13-20(29-3)14-12-18/h11-14,17,19H,4-10,15-16H2,1-3H3,(H,24,28). The second-order valence-electron chi connectivity index (χ2n) is 7.82. The van der Waals surface area contributed by atoms with E-state index in [2.05, 4.69) is 12.2 Å². The largest absolute Gasteiger partial charge is 0.497 e. The van der Waals surface area contributed by atoms with Crippen molar-refractivity contribution in [1.29, 1.82) is 0 Å². The van der Waals surface area contributed by atoms with Crippen LogP contribution in [0.3, 0.4) is 0 Å². The van der Waals surface area contributed by atoms with Gasteiger partial charge in [0.15, 0.2) is 5.78 Å². The molecule has 1 saturated heterocycles. The van der Waals surface area contributed by atoms with Crippen LogP contribution in [0.1, 0.15) is 69.2 Å². The number of Topliss-reactive ketones (excluding diaryl/α,β-unsaturated/α-hetero) is 1. The van der Waals surface area contributed by atoms with Crippen molar-refractivity contribution in [1.82, 2.24) is 10.2 Å². The highest BCUT2D eigenvalue weighted by Crippen LogP contribution is 2.23. The van der Waals surface area contributed by atoms with Gasteiger partial charge in [0.1, 0.15) is 5.75 Å². The van der Waals surface area contributed by atoms with Crippen LogP contribution in [0.15, 0.2) is 24.3 Å². The summed E-state index contributed by atoms with van der Waals surface area (Å²) in [6.07, 6.45) is 4.85. The minimum atomic E-state index is -0.132. The van der Waals surface area contributed by atoms with Gasteiger partial charge in [0.05, 0.1) is 13.0 Å². The molecule has 1 N–H and O–H groups in total. The van der Waals surface area contributed by atoms with Crippen molar-refractivity contribution in [2.45, 2.75) is 64.8 Å². The molecule has 29 heavy (non-hydrogen) atoms.